The Morgan fingerprint density at radius 1 is 1.24 bits per heavy atom. The molecule has 0 spiro atoms. The number of nitrogens with one attached hydrogen (secondary N) is 1. The third kappa shape index (κ3) is 7.07. The van der Waals surface area contributed by atoms with Crippen LogP contribution in [0, 0.1) is 5.92 Å². The van der Waals surface area contributed by atoms with Crippen molar-refractivity contribution in [1.82, 2.24) is 5.32 Å². The van der Waals surface area contributed by atoms with Crippen LogP contribution < -0.4 is 10.2 Å². The largest absolute Gasteiger partial charge is 0.443 e. The fourth-order valence-electron chi connectivity index (χ4n) is 3.33. The monoisotopic (exact) mass is 346 g/mol. The van der Waals surface area contributed by atoms with Crippen LogP contribution in [0.4, 0.5) is 10.5 Å². The lowest BCUT2D eigenvalue weighted by Crippen LogP contribution is -2.34. The van der Waals surface area contributed by atoms with Gasteiger partial charge in [-0.15, -0.1) is 0 Å². The molecule has 1 aromatic carbocycles. The molecular formula is C21H34N2O2. The van der Waals surface area contributed by atoms with E-state index >= 15 is 0 Å². The average Bonchev–Trinajstić information content (AvgIpc) is 2.58. The van der Waals surface area contributed by atoms with Crippen LogP contribution in [0.15, 0.2) is 24.3 Å². The zero-order chi connectivity index (χ0) is 18.3. The maximum atomic E-state index is 12.2. The van der Waals surface area contributed by atoms with E-state index in [0.29, 0.717) is 0 Å². The van der Waals surface area contributed by atoms with Crippen molar-refractivity contribution < 1.29 is 9.53 Å². The van der Waals surface area contributed by atoms with Crippen LogP contribution in [-0.2, 0) is 11.3 Å². The van der Waals surface area contributed by atoms with Crippen molar-refractivity contribution >= 4 is 11.8 Å². The van der Waals surface area contributed by atoms with E-state index < -0.39 is 5.60 Å². The molecular weight excluding hydrogens is 312 g/mol. The van der Waals surface area contributed by atoms with Gasteiger partial charge in [-0.3, -0.25) is 4.90 Å². The molecule has 1 aliphatic rings. The quantitative estimate of drug-likeness (QED) is 0.727. The predicted octanol–water partition coefficient (Wildman–Crippen LogP) is 5.12. The number of rotatable bonds is 6. The van der Waals surface area contributed by atoms with E-state index in [1.807, 2.05) is 32.9 Å². The minimum absolute atomic E-state index is 0.324. The molecule has 1 aliphatic carbocycles. The van der Waals surface area contributed by atoms with Gasteiger partial charge in [0, 0.05) is 19.3 Å². The fraction of sp³-hybridized carbons (Fsp3) is 0.667. The highest BCUT2D eigenvalue weighted by Crippen LogP contribution is 2.25. The molecule has 0 saturated heterocycles. The van der Waals surface area contributed by atoms with Gasteiger partial charge in [0.05, 0.1) is 0 Å². The summed E-state index contributed by atoms with van der Waals surface area (Å²) in [7, 11) is 1.75. The maximum absolute atomic E-state index is 12.2. The molecule has 25 heavy (non-hydrogen) atoms. The van der Waals surface area contributed by atoms with Crippen LogP contribution in [-0.4, -0.2) is 25.3 Å². The smallest absolute Gasteiger partial charge is 0.414 e. The second-order valence-electron chi connectivity index (χ2n) is 8.18. The van der Waals surface area contributed by atoms with Crippen molar-refractivity contribution in [3.63, 3.8) is 0 Å². The van der Waals surface area contributed by atoms with E-state index in [1.54, 1.807) is 11.9 Å². The van der Waals surface area contributed by atoms with Gasteiger partial charge in [-0.05, 0) is 57.4 Å². The molecule has 0 atom stereocenters. The minimum Gasteiger partial charge on any atom is -0.443 e. The van der Waals surface area contributed by atoms with Gasteiger partial charge in [0.25, 0.3) is 0 Å². The van der Waals surface area contributed by atoms with Crippen LogP contribution in [0.2, 0.25) is 0 Å². The van der Waals surface area contributed by atoms with Crippen LogP contribution in [0.1, 0.15) is 64.9 Å². The Hall–Kier alpha value is -1.55. The Morgan fingerprint density at radius 2 is 1.96 bits per heavy atom. The summed E-state index contributed by atoms with van der Waals surface area (Å²) in [5, 5.41) is 3.55. The minimum atomic E-state index is -0.483. The normalized spacial score (nSPS) is 15.8. The summed E-state index contributed by atoms with van der Waals surface area (Å²) >= 11 is 0. The van der Waals surface area contributed by atoms with Crippen molar-refractivity contribution in [2.24, 2.45) is 5.92 Å². The molecule has 1 amide bonds. The first-order valence-corrected chi connectivity index (χ1v) is 9.61. The van der Waals surface area contributed by atoms with Crippen molar-refractivity contribution in [2.45, 2.75) is 71.4 Å². The molecule has 0 radical (unpaired) electrons. The maximum Gasteiger partial charge on any atom is 0.414 e. The Labute approximate surface area is 152 Å². The Balaban J connectivity index is 1.80. The number of amides is 1. The van der Waals surface area contributed by atoms with Gasteiger partial charge in [-0.1, -0.05) is 44.2 Å². The summed E-state index contributed by atoms with van der Waals surface area (Å²) in [5.41, 5.74) is 1.57. The number of benzene rings is 1. The van der Waals surface area contributed by atoms with E-state index in [9.17, 15) is 4.79 Å². The van der Waals surface area contributed by atoms with Crippen LogP contribution in [0.3, 0.4) is 0 Å². The highest BCUT2D eigenvalue weighted by atomic mass is 16.6. The highest BCUT2D eigenvalue weighted by molar-refractivity contribution is 5.87. The van der Waals surface area contributed by atoms with Crippen molar-refractivity contribution in [1.29, 1.82) is 0 Å². The number of carbonyl (C=O) groups excluding carboxylic acids is 1. The molecule has 4 heteroatoms. The molecule has 4 nitrogen and oxygen atoms in total. The van der Waals surface area contributed by atoms with Crippen LogP contribution in [0.25, 0.3) is 0 Å². The van der Waals surface area contributed by atoms with Gasteiger partial charge in [0.2, 0.25) is 0 Å². The third-order valence-corrected chi connectivity index (χ3v) is 4.75. The fourth-order valence-corrected chi connectivity index (χ4v) is 3.33. The molecule has 1 N–H and O–H groups in total. The van der Waals surface area contributed by atoms with Crippen LogP contribution >= 0.6 is 0 Å². The molecule has 0 heterocycles. The van der Waals surface area contributed by atoms with Crippen LogP contribution in [0.5, 0.6) is 0 Å². The number of carbonyl (C=O) groups is 1. The first kappa shape index (κ1) is 19.8. The molecule has 1 fully saturated rings. The molecule has 1 saturated carbocycles. The van der Waals surface area contributed by atoms with E-state index in [4.69, 9.17) is 4.74 Å². The first-order valence-electron chi connectivity index (χ1n) is 9.61. The summed E-state index contributed by atoms with van der Waals surface area (Å²) in [5.74, 6) is 0.908. The number of hydrogen-bond acceptors (Lipinski definition) is 3. The molecule has 1 aromatic rings. The SMILES string of the molecule is CN(C(=O)OC(C)(C)C)c1cccc(CNCCC2CCCCC2)c1. The van der Waals surface area contributed by atoms with Crippen molar-refractivity contribution in [2.75, 3.05) is 18.5 Å². The summed E-state index contributed by atoms with van der Waals surface area (Å²) in [6.45, 7) is 7.54. The molecule has 2 rings (SSSR count). The number of hydrogen-bond donors (Lipinski definition) is 1. The Bertz CT molecular complexity index is 545. The summed E-state index contributed by atoms with van der Waals surface area (Å²) in [6, 6.07) is 8.08. The zero-order valence-corrected chi connectivity index (χ0v) is 16.3. The Morgan fingerprint density at radius 3 is 2.64 bits per heavy atom. The van der Waals surface area contributed by atoms with E-state index in [2.05, 4.69) is 17.4 Å². The van der Waals surface area contributed by atoms with Crippen molar-refractivity contribution in [3.8, 4) is 0 Å². The highest BCUT2D eigenvalue weighted by Gasteiger charge is 2.20. The number of nitrogens with zero attached hydrogens (tertiary/aromatic N) is 1. The molecule has 0 aliphatic heterocycles. The lowest BCUT2D eigenvalue weighted by atomic mass is 9.87. The predicted molar refractivity (Wildman–Crippen MR) is 104 cm³/mol. The summed E-state index contributed by atoms with van der Waals surface area (Å²) < 4.78 is 5.43. The van der Waals surface area contributed by atoms with E-state index in [0.717, 1.165) is 24.7 Å². The topological polar surface area (TPSA) is 41.6 Å². The van der Waals surface area contributed by atoms with Gasteiger partial charge in [-0.2, -0.15) is 0 Å². The van der Waals surface area contributed by atoms with Crippen molar-refractivity contribution in [3.05, 3.63) is 29.8 Å². The zero-order valence-electron chi connectivity index (χ0n) is 16.3. The van der Waals surface area contributed by atoms with E-state index in [1.165, 1.54) is 44.1 Å². The van der Waals surface area contributed by atoms with Gasteiger partial charge < -0.3 is 10.1 Å². The summed E-state index contributed by atoms with van der Waals surface area (Å²) in [6.07, 6.45) is 7.98. The second kappa shape index (κ2) is 9.23. The molecule has 140 valence electrons. The Kier molecular flexibility index (Phi) is 7.30. The van der Waals surface area contributed by atoms with Gasteiger partial charge in [0.15, 0.2) is 0 Å². The average molecular weight is 347 g/mol. The third-order valence-electron chi connectivity index (χ3n) is 4.75. The van der Waals surface area contributed by atoms with Gasteiger partial charge in [-0.25, -0.2) is 4.79 Å². The number of ether oxygens (including phenoxy) is 1. The first-order chi connectivity index (χ1) is 11.8. The van der Waals surface area contributed by atoms with Gasteiger partial charge in [0.1, 0.15) is 5.60 Å². The lowest BCUT2D eigenvalue weighted by molar-refractivity contribution is 0.0589. The second-order valence-corrected chi connectivity index (χ2v) is 8.18. The summed E-state index contributed by atoms with van der Waals surface area (Å²) in [4.78, 5) is 13.8. The molecule has 0 aromatic heterocycles. The standard InChI is InChI=1S/C21H34N2O2/c1-21(2,3)25-20(24)23(4)19-12-8-11-18(15-19)16-22-14-13-17-9-6-5-7-10-17/h8,11-12,15,17,22H,5-7,9-10,13-14,16H2,1-4H3. The van der Waals surface area contributed by atoms with Gasteiger partial charge >= 0.3 is 6.09 Å². The molecule has 0 bridgehead atoms. The number of anilines is 1. The molecule has 0 unspecified atom stereocenters. The lowest BCUT2D eigenvalue weighted by Gasteiger charge is -2.25. The van der Waals surface area contributed by atoms with E-state index in [-0.39, 0.29) is 6.09 Å².